The number of aromatic amines is 1. The Bertz CT molecular complexity index is 615. The van der Waals surface area contributed by atoms with E-state index in [1.165, 1.54) is 12.1 Å². The van der Waals surface area contributed by atoms with E-state index in [9.17, 15) is 4.39 Å². The van der Waals surface area contributed by atoms with Gasteiger partial charge in [0, 0.05) is 34.8 Å². The molecule has 1 aliphatic heterocycles. The van der Waals surface area contributed by atoms with Gasteiger partial charge in [-0.3, -0.25) is 5.10 Å². The van der Waals surface area contributed by atoms with Crippen LogP contribution in [0.1, 0.15) is 6.92 Å². The lowest BCUT2D eigenvalue weighted by Gasteiger charge is -2.30. The highest BCUT2D eigenvalue weighted by Gasteiger charge is 2.20. The maximum Gasteiger partial charge on any atom is 0.245 e. The summed E-state index contributed by atoms with van der Waals surface area (Å²) in [4.78, 5) is 6.68. The monoisotopic (exact) mass is 387 g/mol. The number of benzene rings is 1. The number of halogens is 2. The number of hydrogen-bond acceptors (Lipinski definition) is 4. The van der Waals surface area contributed by atoms with Crippen molar-refractivity contribution in [2.24, 2.45) is 0 Å². The van der Waals surface area contributed by atoms with E-state index >= 15 is 0 Å². The molecule has 1 atom stereocenters. The van der Waals surface area contributed by atoms with Gasteiger partial charge >= 0.3 is 0 Å². The second-order valence-corrected chi connectivity index (χ2v) is 6.07. The Hall–Kier alpha value is -1.22. The minimum absolute atomic E-state index is 0.242. The fraction of sp³-hybridized carbons (Fsp3) is 0.385. The number of hydrogen-bond donors (Lipinski definition) is 2. The van der Waals surface area contributed by atoms with Gasteiger partial charge in [0.25, 0.3) is 0 Å². The summed E-state index contributed by atoms with van der Waals surface area (Å²) in [6.45, 7) is 4.85. The zero-order valence-corrected chi connectivity index (χ0v) is 13.2. The molecular weight excluding hydrogens is 372 g/mol. The van der Waals surface area contributed by atoms with Gasteiger partial charge < -0.3 is 10.2 Å². The Morgan fingerprint density at radius 2 is 2.30 bits per heavy atom. The van der Waals surface area contributed by atoms with E-state index in [2.05, 4.69) is 54.9 Å². The normalized spacial score (nSPS) is 19.4. The third-order valence-corrected chi connectivity index (χ3v) is 4.20. The molecule has 1 aromatic carbocycles. The first-order valence-corrected chi connectivity index (χ1v) is 7.57. The molecule has 2 aromatic rings. The maximum absolute atomic E-state index is 13.1. The Morgan fingerprint density at radius 1 is 1.45 bits per heavy atom. The van der Waals surface area contributed by atoms with Gasteiger partial charge in [-0.1, -0.05) is 0 Å². The van der Waals surface area contributed by atoms with Gasteiger partial charge in [-0.05, 0) is 47.7 Å². The van der Waals surface area contributed by atoms with Gasteiger partial charge in [-0.25, -0.2) is 4.39 Å². The molecule has 2 N–H and O–H groups in total. The molecule has 106 valence electrons. The van der Waals surface area contributed by atoms with Crippen LogP contribution in [0.5, 0.6) is 0 Å². The first kappa shape index (κ1) is 13.7. The average Bonchev–Trinajstić information content (AvgIpc) is 2.88. The molecule has 3 rings (SSSR count). The zero-order chi connectivity index (χ0) is 14.1. The van der Waals surface area contributed by atoms with Crippen molar-refractivity contribution < 1.29 is 4.39 Å². The second kappa shape index (κ2) is 5.65. The molecule has 5 nitrogen and oxygen atoms in total. The highest BCUT2D eigenvalue weighted by molar-refractivity contribution is 14.1. The van der Waals surface area contributed by atoms with Gasteiger partial charge in [0.2, 0.25) is 5.95 Å². The fourth-order valence-corrected chi connectivity index (χ4v) is 3.04. The van der Waals surface area contributed by atoms with Crippen LogP contribution in [0.15, 0.2) is 18.2 Å². The molecule has 0 amide bonds. The largest absolute Gasteiger partial charge is 0.337 e. The second-order valence-electron chi connectivity index (χ2n) is 4.91. The number of nitrogens with one attached hydrogen (secondary N) is 2. The van der Waals surface area contributed by atoms with Crippen LogP contribution in [0.2, 0.25) is 0 Å². The summed E-state index contributed by atoms with van der Waals surface area (Å²) >= 11 is 2.11. The van der Waals surface area contributed by atoms with Crippen molar-refractivity contribution in [1.29, 1.82) is 0 Å². The summed E-state index contributed by atoms with van der Waals surface area (Å²) in [5.74, 6) is 1.14. The lowest BCUT2D eigenvalue weighted by atomic mass is 10.2. The van der Waals surface area contributed by atoms with Crippen LogP contribution in [0.4, 0.5) is 10.3 Å². The Morgan fingerprint density at radius 3 is 3.05 bits per heavy atom. The molecule has 1 fully saturated rings. The van der Waals surface area contributed by atoms with E-state index in [-0.39, 0.29) is 5.82 Å². The first-order valence-electron chi connectivity index (χ1n) is 6.49. The molecule has 2 heterocycles. The summed E-state index contributed by atoms with van der Waals surface area (Å²) in [7, 11) is 0. The van der Waals surface area contributed by atoms with Crippen LogP contribution < -0.4 is 10.2 Å². The van der Waals surface area contributed by atoms with Crippen LogP contribution >= 0.6 is 22.6 Å². The number of anilines is 1. The maximum atomic E-state index is 13.1. The van der Waals surface area contributed by atoms with Crippen molar-refractivity contribution in [3.63, 3.8) is 0 Å². The van der Waals surface area contributed by atoms with Gasteiger partial charge in [0.15, 0.2) is 5.82 Å². The van der Waals surface area contributed by atoms with Crippen molar-refractivity contribution in [2.75, 3.05) is 24.5 Å². The van der Waals surface area contributed by atoms with Crippen LogP contribution in [0.25, 0.3) is 11.4 Å². The van der Waals surface area contributed by atoms with Crippen LogP contribution in [-0.2, 0) is 0 Å². The molecule has 0 radical (unpaired) electrons. The molecule has 0 aliphatic carbocycles. The Kier molecular flexibility index (Phi) is 3.88. The molecule has 1 aliphatic rings. The third-order valence-electron chi connectivity index (χ3n) is 3.31. The lowest BCUT2D eigenvalue weighted by molar-refractivity contribution is 0.480. The van der Waals surface area contributed by atoms with Gasteiger partial charge in [0.05, 0.1) is 0 Å². The summed E-state index contributed by atoms with van der Waals surface area (Å²) in [5, 5.41) is 10.6. The standard InChI is InChI=1S/C13H15FIN5/c1-8-7-20(5-4-16-8)13-17-12(18-19-13)10-3-2-9(14)6-11(10)15/h2-3,6,8,16H,4-5,7H2,1H3,(H,17,18,19)/t8-/m1/s1. The molecule has 0 unspecified atom stereocenters. The minimum Gasteiger partial charge on any atom is -0.337 e. The summed E-state index contributed by atoms with van der Waals surface area (Å²) < 4.78 is 14.0. The fourth-order valence-electron chi connectivity index (χ4n) is 2.31. The summed E-state index contributed by atoms with van der Waals surface area (Å²) in [5.41, 5.74) is 0.869. The van der Waals surface area contributed by atoms with Gasteiger partial charge in [-0.2, -0.15) is 4.98 Å². The molecule has 0 bridgehead atoms. The number of H-pyrrole nitrogens is 1. The number of rotatable bonds is 2. The number of nitrogens with zero attached hydrogens (tertiary/aromatic N) is 3. The SMILES string of the molecule is C[C@@H]1CN(c2n[nH]c(-c3ccc(F)cc3I)n2)CCN1. The van der Waals surface area contributed by atoms with E-state index in [0.717, 1.165) is 28.8 Å². The molecule has 1 aromatic heterocycles. The van der Waals surface area contributed by atoms with Crippen LogP contribution in [-0.4, -0.2) is 40.9 Å². The zero-order valence-electron chi connectivity index (χ0n) is 11.0. The van der Waals surface area contributed by atoms with E-state index in [1.54, 1.807) is 6.07 Å². The topological polar surface area (TPSA) is 56.8 Å². The van der Waals surface area contributed by atoms with E-state index in [1.807, 2.05) is 0 Å². The van der Waals surface area contributed by atoms with Gasteiger partial charge in [0.1, 0.15) is 5.82 Å². The smallest absolute Gasteiger partial charge is 0.245 e. The predicted octanol–water partition coefficient (Wildman–Crippen LogP) is 2.01. The lowest BCUT2D eigenvalue weighted by Crippen LogP contribution is -2.49. The van der Waals surface area contributed by atoms with E-state index in [4.69, 9.17) is 0 Å². The Labute approximate surface area is 130 Å². The molecule has 0 spiro atoms. The molecule has 0 saturated carbocycles. The average molecular weight is 387 g/mol. The van der Waals surface area contributed by atoms with E-state index < -0.39 is 0 Å². The van der Waals surface area contributed by atoms with Crippen molar-refractivity contribution in [3.8, 4) is 11.4 Å². The predicted molar refractivity (Wildman–Crippen MR) is 84.2 cm³/mol. The van der Waals surface area contributed by atoms with Crippen molar-refractivity contribution in [2.45, 2.75) is 13.0 Å². The summed E-state index contributed by atoms with van der Waals surface area (Å²) in [6.07, 6.45) is 0. The van der Waals surface area contributed by atoms with E-state index in [0.29, 0.717) is 17.8 Å². The van der Waals surface area contributed by atoms with Crippen LogP contribution in [0, 0.1) is 9.39 Å². The minimum atomic E-state index is -0.242. The number of aromatic nitrogens is 3. The first-order chi connectivity index (χ1) is 9.63. The summed E-state index contributed by atoms with van der Waals surface area (Å²) in [6, 6.07) is 5.08. The molecule has 1 saturated heterocycles. The molecular formula is C13H15FIN5. The highest BCUT2D eigenvalue weighted by Crippen LogP contribution is 2.24. The third kappa shape index (κ3) is 2.78. The van der Waals surface area contributed by atoms with Crippen molar-refractivity contribution >= 4 is 28.5 Å². The van der Waals surface area contributed by atoms with Crippen LogP contribution in [0.3, 0.4) is 0 Å². The Balaban J connectivity index is 1.86. The highest BCUT2D eigenvalue weighted by atomic mass is 127. The van der Waals surface area contributed by atoms with Gasteiger partial charge in [-0.15, -0.1) is 5.10 Å². The quantitative estimate of drug-likeness (QED) is 0.775. The van der Waals surface area contributed by atoms with Crippen molar-refractivity contribution in [1.82, 2.24) is 20.5 Å². The molecule has 7 heteroatoms. The van der Waals surface area contributed by atoms with Crippen molar-refractivity contribution in [3.05, 3.63) is 27.6 Å². The molecule has 20 heavy (non-hydrogen) atoms. The number of piperazine rings is 1.